The number of hydrogen-bond acceptors (Lipinski definition) is 20. The highest BCUT2D eigenvalue weighted by atomic mass is 79.9. The molecule has 0 spiro atoms. The van der Waals surface area contributed by atoms with Crippen molar-refractivity contribution in [2.45, 2.75) is 259 Å². The zero-order valence-electron chi connectivity index (χ0n) is 72.7. The molecule has 0 fully saturated rings. The van der Waals surface area contributed by atoms with E-state index in [1.165, 1.54) is 32.6 Å². The van der Waals surface area contributed by atoms with E-state index in [-0.39, 0.29) is 81.9 Å². The van der Waals surface area contributed by atoms with E-state index in [4.69, 9.17) is 48.6 Å². The predicted molar refractivity (Wildman–Crippen MR) is 479 cm³/mol. The first-order valence-corrected chi connectivity index (χ1v) is 46.3. The minimum Gasteiger partial charge on any atom is -0.464 e. The number of carbonyl (C=O) groups excluding carboxylic acids is 5. The number of halogens is 2. The average molecular weight is 1790 g/mol. The number of fused-ring (bicyclic) bond motifs is 3. The third kappa shape index (κ3) is 47.5. The number of unbranched alkanes of at least 4 members (excludes halogenated alkanes) is 3. The fraction of sp³-hybridized carbons (Fsp3) is 0.544. The van der Waals surface area contributed by atoms with Gasteiger partial charge in [0.1, 0.15) is 45.4 Å². The van der Waals surface area contributed by atoms with Gasteiger partial charge < -0.3 is 52.9 Å². The van der Waals surface area contributed by atoms with Crippen LogP contribution in [0.3, 0.4) is 0 Å². The van der Waals surface area contributed by atoms with Crippen LogP contribution >= 0.6 is 26.6 Å². The number of aldehydes is 1. The van der Waals surface area contributed by atoms with Crippen molar-refractivity contribution < 1.29 is 81.4 Å². The molecule has 0 aliphatic heterocycles. The maximum Gasteiger partial charge on any atom is 0.410 e. The summed E-state index contributed by atoms with van der Waals surface area (Å²) in [4.78, 5) is 58.9. The molecular weight excluding hydrogens is 1650 g/mol. The largest absolute Gasteiger partial charge is 0.464 e. The first-order valence-electron chi connectivity index (χ1n) is 40.0. The van der Waals surface area contributed by atoms with Crippen molar-refractivity contribution >= 4 is 119 Å². The number of alkyl halides is 1. The van der Waals surface area contributed by atoms with Gasteiger partial charge in [0, 0.05) is 96.6 Å². The highest BCUT2D eigenvalue weighted by molar-refractivity contribution is 9.08. The van der Waals surface area contributed by atoms with Gasteiger partial charge in [0.05, 0.1) is 33.5 Å². The van der Waals surface area contributed by atoms with Gasteiger partial charge in [-0.3, -0.25) is 14.4 Å². The zero-order valence-corrected chi connectivity index (χ0v) is 77.5. The van der Waals surface area contributed by atoms with Gasteiger partial charge in [0.2, 0.25) is 20.0 Å². The van der Waals surface area contributed by atoms with Gasteiger partial charge in [-0.15, -0.1) is 0 Å². The number of carbonyl (C=O) groups is 5. The Balaban J connectivity index is 0.000000744. The minimum absolute atomic E-state index is 0. The summed E-state index contributed by atoms with van der Waals surface area (Å²) in [6.45, 7) is 43.2. The number of furan rings is 3. The number of nitrogens with one attached hydrogen (secondary N) is 1. The van der Waals surface area contributed by atoms with E-state index in [9.17, 15) is 49.2 Å². The predicted octanol–water partition coefficient (Wildman–Crippen LogP) is 21.1. The van der Waals surface area contributed by atoms with Crippen LogP contribution in [0.2, 0.25) is 0 Å². The van der Waals surface area contributed by atoms with E-state index in [0.717, 1.165) is 72.1 Å². The molecule has 3 N–H and O–H groups in total. The zero-order chi connectivity index (χ0) is 88.4. The van der Waals surface area contributed by atoms with Crippen molar-refractivity contribution in [2.75, 3.05) is 52.4 Å². The second-order valence-corrected chi connectivity index (χ2v) is 40.6. The van der Waals surface area contributed by atoms with Crippen molar-refractivity contribution in [3.63, 3.8) is 0 Å². The monoisotopic (exact) mass is 1790 g/mol. The van der Waals surface area contributed by atoms with Gasteiger partial charge in [-0.1, -0.05) is 139 Å². The number of nitrogens with zero attached hydrogens (tertiary/aromatic N) is 3. The van der Waals surface area contributed by atoms with Crippen molar-refractivity contribution in [2.24, 2.45) is 29.4 Å². The molecule has 3 aromatic heterocycles. The lowest BCUT2D eigenvalue weighted by molar-refractivity contribution is -0.156. The van der Waals surface area contributed by atoms with Gasteiger partial charge in [0.15, 0.2) is 0 Å². The van der Waals surface area contributed by atoms with Crippen LogP contribution in [0, 0.1) is 23.7 Å². The molecule has 23 nitrogen and oxygen atoms in total. The number of amides is 1. The van der Waals surface area contributed by atoms with Crippen LogP contribution in [0.1, 0.15) is 221 Å². The van der Waals surface area contributed by atoms with Crippen LogP contribution in [-0.4, -0.2) is 144 Å². The third-order valence-corrected chi connectivity index (χ3v) is 21.3. The summed E-state index contributed by atoms with van der Waals surface area (Å²) in [5.74, 6) is 0.760. The second-order valence-electron chi connectivity index (χ2n) is 33.6. The summed E-state index contributed by atoms with van der Waals surface area (Å²) >= 11 is 3.36. The molecule has 3 heterocycles. The molecule has 0 saturated carbocycles. The minimum atomic E-state index is -3.71. The summed E-state index contributed by atoms with van der Waals surface area (Å²) < 4.78 is 115. The Morgan fingerprint density at radius 2 is 0.831 bits per heavy atom. The highest BCUT2D eigenvalue weighted by Gasteiger charge is 2.30. The van der Waals surface area contributed by atoms with Crippen LogP contribution in [0.4, 0.5) is 4.79 Å². The normalized spacial score (nSPS) is 11.8. The summed E-state index contributed by atoms with van der Waals surface area (Å²) in [5.41, 5.74) is 7.71. The Kier molecular flexibility index (Phi) is 49.7. The molecule has 0 unspecified atom stereocenters. The number of esters is 3. The van der Waals surface area contributed by atoms with Gasteiger partial charge in [-0.2, -0.15) is 8.61 Å². The van der Waals surface area contributed by atoms with Crippen molar-refractivity contribution in [1.82, 2.24) is 18.8 Å². The van der Waals surface area contributed by atoms with Crippen LogP contribution in [-0.2, 0) is 79.1 Å². The van der Waals surface area contributed by atoms with Crippen molar-refractivity contribution in [1.29, 1.82) is 0 Å². The molecule has 5 aromatic carbocycles. The average Bonchev–Trinajstić information content (AvgIpc) is 1.47. The number of hydrogen-bond donors (Lipinski definition) is 2. The lowest BCUT2D eigenvalue weighted by Gasteiger charge is -2.29. The van der Waals surface area contributed by atoms with Crippen LogP contribution < -0.4 is 11.1 Å². The van der Waals surface area contributed by atoms with Gasteiger partial charge in [-0.05, 0) is 249 Å². The van der Waals surface area contributed by atoms with Crippen molar-refractivity contribution in [3.05, 3.63) is 163 Å². The molecule has 0 atom stereocenters. The Labute approximate surface area is 718 Å². The van der Waals surface area contributed by atoms with Crippen molar-refractivity contribution in [3.8, 4) is 0 Å². The molecule has 8 aromatic rings. The topological polar surface area (TPSA) is 312 Å². The van der Waals surface area contributed by atoms with E-state index in [1.54, 1.807) is 78.1 Å². The SMILES string of the molecule is BrCc1ccccc1.C.CC(C)(C)OC(=O)CCCCN.CC(C)C=O.CC(C)CN(CCCCC(=O)OC(C)(C)C)S(=O)(=O)c1ccc2occc2c1.CC(C)CN(CCCN(Cc1ccccc1)C(=O)OC(C)(C)C)S(=O)(=O)c1ccc2occc2c1.CC(C)CNCCCCC(=O)OC(C)(C)C.O=S(=O)(Cl)c1ccc2occc2c1. The van der Waals surface area contributed by atoms with Crippen LogP contribution in [0.15, 0.2) is 180 Å². The molecule has 0 aliphatic carbocycles. The maximum absolute atomic E-state index is 13.5. The second kappa shape index (κ2) is 54.0. The van der Waals surface area contributed by atoms with E-state index in [1.807, 2.05) is 173 Å². The molecule has 0 saturated heterocycles. The molecular formula is C90H137BrClN5O18S3. The Hall–Kier alpha value is -7.47. The highest BCUT2D eigenvalue weighted by Crippen LogP contribution is 2.28. The van der Waals surface area contributed by atoms with Gasteiger partial charge >= 0.3 is 24.0 Å². The molecule has 28 heteroatoms. The third-order valence-electron chi connectivity index (χ3n) is 15.6. The van der Waals surface area contributed by atoms with E-state index < -0.39 is 46.4 Å². The first-order chi connectivity index (χ1) is 54.5. The fourth-order valence-electron chi connectivity index (χ4n) is 10.5. The van der Waals surface area contributed by atoms with Crippen LogP contribution in [0.5, 0.6) is 0 Å². The Morgan fingerprint density at radius 1 is 0.475 bits per heavy atom. The van der Waals surface area contributed by atoms with Gasteiger partial charge in [-0.25, -0.2) is 30.0 Å². The smallest absolute Gasteiger partial charge is 0.410 e. The lowest BCUT2D eigenvalue weighted by atomic mass is 10.2. The standard InChI is InChI=1S/C27H36N2O5S.C21H31NO5S.C13H27NO2.C9H19NO2.C8H5ClO3S.C7H7Br.C4H8O.CH4/c1-21(2)19-29(35(31,32)24-12-13-25-23(18-24)14-17-33-25)16-9-15-28(26(30)34-27(3,4)5)20-22-10-7-6-8-11-22;1-16(2)15-22(12-7-6-8-20(23)27-21(3,4)5)28(24,25)18-9-10-19-17(14-18)11-13-26-19;1-11(2)10-14-9-7-6-8-12(15)16-13(3,4)5;1-9(2,3)12-8(11)6-4-5-7-10;9-13(10,11)7-1-2-8-6(5-7)3-4-12-8;8-6-7-4-2-1-3-5-7;1-4(2)3-5;/h6-8,10-14,17-18,21H,9,15-16,19-20H2,1-5H3;9-11,13-14,16H,6-8,12,15H2,1-5H3;11,14H,6-10H2,1-5H3;4-7,10H2,1-3H3;1-5H;1-5H,6H2;3-4H,1-2H3;1H4. The Morgan fingerprint density at radius 3 is 1.17 bits per heavy atom. The summed E-state index contributed by atoms with van der Waals surface area (Å²) in [5, 5.41) is 6.54. The summed E-state index contributed by atoms with van der Waals surface area (Å²) in [6, 6.07) is 39.4. The number of nitrogens with two attached hydrogens (primary N) is 1. The molecule has 118 heavy (non-hydrogen) atoms. The molecule has 8 rings (SSSR count). The summed E-state index contributed by atoms with van der Waals surface area (Å²) in [6.07, 6.45) is 11.7. The number of rotatable bonds is 33. The number of sulfonamides is 2. The van der Waals surface area contributed by atoms with E-state index in [0.29, 0.717) is 94.0 Å². The molecule has 662 valence electrons. The lowest BCUT2D eigenvalue weighted by Crippen LogP contribution is -2.40. The fourth-order valence-corrected chi connectivity index (χ4v) is 15.0. The first kappa shape index (κ1) is 109. The van der Waals surface area contributed by atoms with Crippen LogP contribution in [0.25, 0.3) is 32.9 Å². The Bertz CT molecular complexity index is 4540. The summed E-state index contributed by atoms with van der Waals surface area (Å²) in [7, 11) is -5.81. The number of ether oxygens (including phenoxy) is 4. The molecule has 0 bridgehead atoms. The molecule has 0 aliphatic rings. The van der Waals surface area contributed by atoms with E-state index >= 15 is 0 Å². The maximum atomic E-state index is 13.5. The van der Waals surface area contributed by atoms with Gasteiger partial charge in [0.25, 0.3) is 9.05 Å². The quantitative estimate of drug-likeness (QED) is 0.00964. The molecule has 1 amide bonds. The molecule has 0 radical (unpaired) electrons. The number of benzene rings is 5. The van der Waals surface area contributed by atoms with E-state index in [2.05, 4.69) is 47.2 Å².